The van der Waals surface area contributed by atoms with E-state index in [2.05, 4.69) is 5.10 Å². The smallest absolute Gasteiger partial charge is 0.274 e. The fourth-order valence-electron chi connectivity index (χ4n) is 3.45. The molecular formula is C20H24N4O4. The second-order valence-electron chi connectivity index (χ2n) is 7.10. The van der Waals surface area contributed by atoms with Crippen molar-refractivity contribution in [2.45, 2.75) is 20.4 Å². The van der Waals surface area contributed by atoms with Gasteiger partial charge in [-0.2, -0.15) is 5.10 Å². The minimum Gasteiger partial charge on any atom is -0.483 e. The van der Waals surface area contributed by atoms with E-state index in [1.54, 1.807) is 20.5 Å². The van der Waals surface area contributed by atoms with Crippen LogP contribution in [-0.4, -0.2) is 70.8 Å². The van der Waals surface area contributed by atoms with E-state index < -0.39 is 0 Å². The van der Waals surface area contributed by atoms with Crippen molar-refractivity contribution in [2.24, 2.45) is 0 Å². The van der Waals surface area contributed by atoms with Crippen LogP contribution in [0.1, 0.15) is 21.6 Å². The van der Waals surface area contributed by atoms with Crippen LogP contribution in [0.2, 0.25) is 0 Å². The maximum absolute atomic E-state index is 12.6. The number of fused-ring (bicyclic) bond motifs is 1. The molecule has 0 radical (unpaired) electrons. The number of aromatic nitrogens is 2. The van der Waals surface area contributed by atoms with Gasteiger partial charge in [0.25, 0.3) is 11.8 Å². The Morgan fingerprint density at radius 2 is 1.86 bits per heavy atom. The molecule has 0 aliphatic carbocycles. The molecule has 3 heterocycles. The number of hydrogen-bond donors (Lipinski definition) is 0. The van der Waals surface area contributed by atoms with E-state index >= 15 is 0 Å². The molecule has 0 atom stereocenters. The number of piperazine rings is 1. The number of carbonyl (C=O) groups excluding carboxylic acids is 2. The summed E-state index contributed by atoms with van der Waals surface area (Å²) in [5.74, 6) is 1.18. The molecule has 2 aliphatic heterocycles. The largest absolute Gasteiger partial charge is 0.483 e. The quantitative estimate of drug-likeness (QED) is 0.793. The van der Waals surface area contributed by atoms with Crippen LogP contribution in [-0.2, 0) is 11.3 Å². The summed E-state index contributed by atoms with van der Waals surface area (Å²) >= 11 is 0. The Balaban J connectivity index is 1.29. The van der Waals surface area contributed by atoms with E-state index in [1.807, 2.05) is 32.0 Å². The number of aryl methyl sites for hydroxylation is 1. The van der Waals surface area contributed by atoms with Gasteiger partial charge in [-0.25, -0.2) is 4.68 Å². The third-order valence-electron chi connectivity index (χ3n) is 5.34. The molecule has 0 unspecified atom stereocenters. The monoisotopic (exact) mass is 384 g/mol. The van der Waals surface area contributed by atoms with Gasteiger partial charge >= 0.3 is 0 Å². The average molecular weight is 384 g/mol. The lowest BCUT2D eigenvalue weighted by molar-refractivity contribution is -0.134. The lowest BCUT2D eigenvalue weighted by atomic mass is 10.1. The fraction of sp³-hybridized carbons (Fsp3) is 0.450. The highest BCUT2D eigenvalue weighted by Gasteiger charge is 2.28. The summed E-state index contributed by atoms with van der Waals surface area (Å²) in [5.41, 5.74) is 2.57. The number of amides is 2. The Kier molecular flexibility index (Phi) is 4.93. The van der Waals surface area contributed by atoms with Gasteiger partial charge in [0, 0.05) is 32.2 Å². The highest BCUT2D eigenvalue weighted by Crippen LogP contribution is 2.21. The zero-order valence-electron chi connectivity index (χ0n) is 16.2. The molecule has 0 N–H and O–H groups in total. The molecular weight excluding hydrogens is 360 g/mol. The number of benzene rings is 1. The van der Waals surface area contributed by atoms with Crippen LogP contribution >= 0.6 is 0 Å². The molecule has 2 amide bonds. The average Bonchev–Trinajstić information content (AvgIpc) is 3.31. The summed E-state index contributed by atoms with van der Waals surface area (Å²) in [4.78, 5) is 28.6. The summed E-state index contributed by atoms with van der Waals surface area (Å²) in [5, 5.41) is 4.30. The van der Waals surface area contributed by atoms with Crippen molar-refractivity contribution in [3.63, 3.8) is 0 Å². The van der Waals surface area contributed by atoms with Gasteiger partial charge in [0.1, 0.15) is 12.4 Å². The Labute approximate surface area is 163 Å². The molecule has 0 bridgehead atoms. The van der Waals surface area contributed by atoms with Gasteiger partial charge in [-0.1, -0.05) is 12.1 Å². The highest BCUT2D eigenvalue weighted by atomic mass is 16.5. The second kappa shape index (κ2) is 7.53. The molecule has 1 aromatic carbocycles. The topological polar surface area (TPSA) is 76.9 Å². The first-order chi connectivity index (χ1) is 13.5. The molecule has 28 heavy (non-hydrogen) atoms. The molecule has 1 fully saturated rings. The lowest BCUT2D eigenvalue weighted by Gasteiger charge is -2.34. The minimum atomic E-state index is -0.121. The van der Waals surface area contributed by atoms with Crippen LogP contribution in [0.5, 0.6) is 11.6 Å². The molecule has 0 spiro atoms. The molecule has 2 aliphatic rings. The zero-order valence-corrected chi connectivity index (χ0v) is 16.2. The molecule has 4 rings (SSSR count). The highest BCUT2D eigenvalue weighted by molar-refractivity contribution is 5.93. The number of carbonyl (C=O) groups is 2. The molecule has 2 aromatic rings. The van der Waals surface area contributed by atoms with Gasteiger partial charge in [0.2, 0.25) is 5.88 Å². The fourth-order valence-corrected chi connectivity index (χ4v) is 3.45. The van der Waals surface area contributed by atoms with Crippen molar-refractivity contribution in [3.8, 4) is 11.6 Å². The van der Waals surface area contributed by atoms with Crippen LogP contribution in [0.4, 0.5) is 0 Å². The number of hydrogen-bond acceptors (Lipinski definition) is 5. The summed E-state index contributed by atoms with van der Waals surface area (Å²) in [6, 6.07) is 7.49. The van der Waals surface area contributed by atoms with Crippen molar-refractivity contribution in [2.75, 3.05) is 39.4 Å². The molecule has 8 nitrogen and oxygen atoms in total. The van der Waals surface area contributed by atoms with E-state index in [1.165, 1.54) is 0 Å². The number of nitrogens with zero attached hydrogens (tertiary/aromatic N) is 4. The normalized spacial score (nSPS) is 15.9. The number of rotatable bonds is 4. The Morgan fingerprint density at radius 1 is 1.11 bits per heavy atom. The van der Waals surface area contributed by atoms with Crippen LogP contribution in [0.25, 0.3) is 0 Å². The summed E-state index contributed by atoms with van der Waals surface area (Å²) in [6.45, 7) is 7.22. The summed E-state index contributed by atoms with van der Waals surface area (Å²) in [7, 11) is 0. The SMILES string of the molecule is Cc1cccc(OCC(=O)N2CCN(C(=O)c3cc4n(n3)CCO4)CC2)c1C. The molecule has 8 heteroatoms. The predicted molar refractivity (Wildman–Crippen MR) is 102 cm³/mol. The second-order valence-corrected chi connectivity index (χ2v) is 7.10. The van der Waals surface area contributed by atoms with Crippen LogP contribution in [0.15, 0.2) is 24.3 Å². The van der Waals surface area contributed by atoms with Crippen molar-refractivity contribution >= 4 is 11.8 Å². The molecule has 0 saturated carbocycles. The van der Waals surface area contributed by atoms with Crippen LogP contribution in [0.3, 0.4) is 0 Å². The third-order valence-corrected chi connectivity index (χ3v) is 5.34. The van der Waals surface area contributed by atoms with E-state index in [0.717, 1.165) is 16.9 Å². The number of ether oxygens (including phenoxy) is 2. The van der Waals surface area contributed by atoms with Gasteiger partial charge < -0.3 is 19.3 Å². The summed E-state index contributed by atoms with van der Waals surface area (Å²) in [6.07, 6.45) is 0. The van der Waals surface area contributed by atoms with Gasteiger partial charge in [-0.3, -0.25) is 9.59 Å². The minimum absolute atomic E-state index is 0.00332. The Morgan fingerprint density at radius 3 is 2.61 bits per heavy atom. The van der Waals surface area contributed by atoms with Crippen molar-refractivity contribution in [3.05, 3.63) is 41.1 Å². The van der Waals surface area contributed by atoms with Gasteiger partial charge in [-0.15, -0.1) is 0 Å². The zero-order chi connectivity index (χ0) is 19.7. The standard InChI is InChI=1S/C20H24N4O4/c1-14-4-3-5-17(15(14)2)28-13-18(25)22-6-8-23(9-7-22)20(26)16-12-19-24(21-16)10-11-27-19/h3-5,12H,6-11,13H2,1-2H3. The van der Waals surface area contributed by atoms with E-state index in [9.17, 15) is 9.59 Å². The van der Waals surface area contributed by atoms with E-state index in [0.29, 0.717) is 50.9 Å². The maximum Gasteiger partial charge on any atom is 0.274 e. The Hall–Kier alpha value is -3.03. The molecule has 1 saturated heterocycles. The van der Waals surface area contributed by atoms with E-state index in [-0.39, 0.29) is 18.4 Å². The first kappa shape index (κ1) is 18.3. The van der Waals surface area contributed by atoms with Gasteiger partial charge in [0.05, 0.1) is 6.54 Å². The molecule has 148 valence electrons. The third kappa shape index (κ3) is 3.54. The van der Waals surface area contributed by atoms with Crippen molar-refractivity contribution < 1.29 is 19.1 Å². The van der Waals surface area contributed by atoms with E-state index in [4.69, 9.17) is 9.47 Å². The first-order valence-corrected chi connectivity index (χ1v) is 9.49. The Bertz CT molecular complexity index is 878. The summed E-state index contributed by atoms with van der Waals surface area (Å²) < 4.78 is 12.8. The van der Waals surface area contributed by atoms with Crippen LogP contribution in [0, 0.1) is 13.8 Å². The first-order valence-electron chi connectivity index (χ1n) is 9.49. The van der Waals surface area contributed by atoms with Crippen LogP contribution < -0.4 is 9.47 Å². The van der Waals surface area contributed by atoms with Crippen molar-refractivity contribution in [1.82, 2.24) is 19.6 Å². The predicted octanol–water partition coefficient (Wildman–Crippen LogP) is 1.26. The van der Waals surface area contributed by atoms with Crippen molar-refractivity contribution in [1.29, 1.82) is 0 Å². The maximum atomic E-state index is 12.6. The molecule has 1 aromatic heterocycles. The van der Waals surface area contributed by atoms with Gasteiger partial charge in [-0.05, 0) is 31.0 Å². The van der Waals surface area contributed by atoms with Gasteiger partial charge in [0.15, 0.2) is 12.3 Å². The lowest BCUT2D eigenvalue weighted by Crippen LogP contribution is -2.51.